The molecule has 0 amide bonds. The van der Waals surface area contributed by atoms with Crippen LogP contribution in [0.25, 0.3) is 10.8 Å². The SMILES string of the molecule is CCC(Sc1nccc2ccccc12)C(=O)O. The number of fused-ring (bicyclic) bond motifs is 1. The monoisotopic (exact) mass is 247 g/mol. The number of thioether (sulfide) groups is 1. The number of hydrogen-bond donors (Lipinski definition) is 1. The molecule has 1 heterocycles. The zero-order valence-electron chi connectivity index (χ0n) is 9.46. The van der Waals surface area contributed by atoms with Crippen molar-refractivity contribution in [2.45, 2.75) is 23.6 Å². The van der Waals surface area contributed by atoms with Gasteiger partial charge in [-0.2, -0.15) is 0 Å². The van der Waals surface area contributed by atoms with E-state index < -0.39 is 11.2 Å². The normalized spacial score (nSPS) is 12.5. The molecule has 0 aliphatic rings. The van der Waals surface area contributed by atoms with Gasteiger partial charge in [0.2, 0.25) is 0 Å². The Labute approximate surface area is 104 Å². The summed E-state index contributed by atoms with van der Waals surface area (Å²) in [5.41, 5.74) is 0. The lowest BCUT2D eigenvalue weighted by Crippen LogP contribution is -2.14. The molecule has 88 valence electrons. The third kappa shape index (κ3) is 2.58. The first-order valence-corrected chi connectivity index (χ1v) is 6.33. The molecule has 1 unspecified atom stereocenters. The lowest BCUT2D eigenvalue weighted by atomic mass is 10.2. The van der Waals surface area contributed by atoms with Crippen molar-refractivity contribution in [2.24, 2.45) is 0 Å². The van der Waals surface area contributed by atoms with E-state index in [-0.39, 0.29) is 0 Å². The molecule has 2 aromatic rings. The summed E-state index contributed by atoms with van der Waals surface area (Å²) in [5.74, 6) is -0.785. The second-order valence-electron chi connectivity index (χ2n) is 3.69. The Hall–Kier alpha value is -1.55. The van der Waals surface area contributed by atoms with E-state index in [1.54, 1.807) is 6.20 Å². The second-order valence-corrected chi connectivity index (χ2v) is 4.88. The van der Waals surface area contributed by atoms with Crippen LogP contribution in [0.2, 0.25) is 0 Å². The van der Waals surface area contributed by atoms with Gasteiger partial charge in [0.15, 0.2) is 0 Å². The van der Waals surface area contributed by atoms with E-state index in [0.717, 1.165) is 15.8 Å². The summed E-state index contributed by atoms with van der Waals surface area (Å²) in [6.07, 6.45) is 2.31. The van der Waals surface area contributed by atoms with Crippen LogP contribution in [-0.4, -0.2) is 21.3 Å². The molecule has 0 bridgehead atoms. The van der Waals surface area contributed by atoms with Gasteiger partial charge >= 0.3 is 5.97 Å². The fourth-order valence-corrected chi connectivity index (χ4v) is 2.60. The van der Waals surface area contributed by atoms with Crippen molar-refractivity contribution in [3.05, 3.63) is 36.5 Å². The molecule has 3 nitrogen and oxygen atoms in total. The minimum atomic E-state index is -0.785. The number of benzene rings is 1. The Morgan fingerprint density at radius 3 is 2.88 bits per heavy atom. The Kier molecular flexibility index (Phi) is 3.64. The van der Waals surface area contributed by atoms with E-state index in [0.29, 0.717) is 6.42 Å². The average molecular weight is 247 g/mol. The van der Waals surface area contributed by atoms with Crippen molar-refractivity contribution in [3.63, 3.8) is 0 Å². The summed E-state index contributed by atoms with van der Waals surface area (Å²) in [5, 5.41) is 11.5. The number of carboxylic acid groups (broad SMARTS) is 1. The molecule has 1 aromatic heterocycles. The van der Waals surface area contributed by atoms with Crippen LogP contribution < -0.4 is 0 Å². The standard InChI is InChI=1S/C13H13NO2S/c1-2-11(13(15)16)17-12-10-6-4-3-5-9(10)7-8-14-12/h3-8,11H,2H2,1H3,(H,15,16). The zero-order valence-corrected chi connectivity index (χ0v) is 10.3. The summed E-state index contributed by atoms with van der Waals surface area (Å²) in [4.78, 5) is 15.3. The first kappa shape index (κ1) is 11.9. The third-order valence-electron chi connectivity index (χ3n) is 2.54. The van der Waals surface area contributed by atoms with Crippen LogP contribution in [0.15, 0.2) is 41.6 Å². The first-order valence-electron chi connectivity index (χ1n) is 5.45. The fourth-order valence-electron chi connectivity index (χ4n) is 1.63. The highest BCUT2D eigenvalue weighted by molar-refractivity contribution is 8.00. The van der Waals surface area contributed by atoms with Gasteiger partial charge in [-0.3, -0.25) is 4.79 Å². The van der Waals surface area contributed by atoms with Gasteiger partial charge in [-0.25, -0.2) is 4.98 Å². The van der Waals surface area contributed by atoms with Crippen LogP contribution in [0, 0.1) is 0 Å². The molecular weight excluding hydrogens is 234 g/mol. The van der Waals surface area contributed by atoms with Gasteiger partial charge in [-0.1, -0.05) is 43.0 Å². The molecule has 2 rings (SSSR count). The second kappa shape index (κ2) is 5.19. The molecule has 0 fully saturated rings. The maximum Gasteiger partial charge on any atom is 0.317 e. The maximum absolute atomic E-state index is 11.0. The summed E-state index contributed by atoms with van der Waals surface area (Å²) in [6.45, 7) is 1.87. The Balaban J connectivity index is 2.38. The number of aliphatic carboxylic acids is 1. The Bertz CT molecular complexity index is 536. The Morgan fingerprint density at radius 2 is 2.18 bits per heavy atom. The van der Waals surface area contributed by atoms with Gasteiger partial charge in [0.25, 0.3) is 0 Å². The van der Waals surface area contributed by atoms with Crippen LogP contribution in [-0.2, 0) is 4.79 Å². The van der Waals surface area contributed by atoms with Crippen LogP contribution in [0.5, 0.6) is 0 Å². The van der Waals surface area contributed by atoms with Gasteiger partial charge in [0.1, 0.15) is 10.3 Å². The van der Waals surface area contributed by atoms with Gasteiger partial charge in [0.05, 0.1) is 0 Å². The van der Waals surface area contributed by atoms with Crippen LogP contribution >= 0.6 is 11.8 Å². The highest BCUT2D eigenvalue weighted by Crippen LogP contribution is 2.29. The number of carbonyl (C=O) groups is 1. The van der Waals surface area contributed by atoms with Gasteiger partial charge in [-0.15, -0.1) is 0 Å². The number of aromatic nitrogens is 1. The predicted molar refractivity (Wildman–Crippen MR) is 69.3 cm³/mol. The summed E-state index contributed by atoms with van der Waals surface area (Å²) in [6, 6.07) is 9.81. The smallest absolute Gasteiger partial charge is 0.317 e. The summed E-state index contributed by atoms with van der Waals surface area (Å²) < 4.78 is 0. The molecule has 4 heteroatoms. The lowest BCUT2D eigenvalue weighted by molar-refractivity contribution is -0.136. The molecule has 0 aliphatic carbocycles. The quantitative estimate of drug-likeness (QED) is 0.843. The van der Waals surface area contributed by atoms with Crippen molar-refractivity contribution >= 4 is 28.5 Å². The molecule has 0 spiro atoms. The zero-order chi connectivity index (χ0) is 12.3. The van der Waals surface area contributed by atoms with Crippen molar-refractivity contribution in [1.82, 2.24) is 4.98 Å². The van der Waals surface area contributed by atoms with Crippen molar-refractivity contribution < 1.29 is 9.90 Å². The third-order valence-corrected chi connectivity index (χ3v) is 3.91. The van der Waals surface area contributed by atoms with Crippen LogP contribution in [0.3, 0.4) is 0 Å². The van der Waals surface area contributed by atoms with E-state index in [9.17, 15) is 4.79 Å². The van der Waals surface area contributed by atoms with Crippen LogP contribution in [0.4, 0.5) is 0 Å². The number of carboxylic acids is 1. The molecule has 0 saturated carbocycles. The fraction of sp³-hybridized carbons (Fsp3) is 0.231. The molecule has 0 aliphatic heterocycles. The molecule has 1 aromatic carbocycles. The molecule has 17 heavy (non-hydrogen) atoms. The van der Waals surface area contributed by atoms with E-state index >= 15 is 0 Å². The van der Waals surface area contributed by atoms with E-state index in [1.165, 1.54) is 11.8 Å². The Morgan fingerprint density at radius 1 is 1.41 bits per heavy atom. The first-order chi connectivity index (χ1) is 8.22. The van der Waals surface area contributed by atoms with E-state index in [1.807, 2.05) is 37.3 Å². The largest absolute Gasteiger partial charge is 0.480 e. The van der Waals surface area contributed by atoms with E-state index in [4.69, 9.17) is 5.11 Å². The van der Waals surface area contributed by atoms with Crippen molar-refractivity contribution in [2.75, 3.05) is 0 Å². The topological polar surface area (TPSA) is 50.2 Å². The predicted octanol–water partition coefficient (Wildman–Crippen LogP) is 3.19. The lowest BCUT2D eigenvalue weighted by Gasteiger charge is -2.10. The van der Waals surface area contributed by atoms with Gasteiger partial charge in [0, 0.05) is 11.6 Å². The van der Waals surface area contributed by atoms with Crippen molar-refractivity contribution in [3.8, 4) is 0 Å². The number of rotatable bonds is 4. The number of nitrogens with zero attached hydrogens (tertiary/aromatic N) is 1. The van der Waals surface area contributed by atoms with Gasteiger partial charge < -0.3 is 5.11 Å². The van der Waals surface area contributed by atoms with Gasteiger partial charge in [-0.05, 0) is 17.9 Å². The average Bonchev–Trinajstić information content (AvgIpc) is 2.35. The molecule has 0 saturated heterocycles. The summed E-state index contributed by atoms with van der Waals surface area (Å²) >= 11 is 1.32. The van der Waals surface area contributed by atoms with Crippen molar-refractivity contribution in [1.29, 1.82) is 0 Å². The van der Waals surface area contributed by atoms with Crippen LogP contribution in [0.1, 0.15) is 13.3 Å². The molecule has 0 radical (unpaired) electrons. The number of pyridine rings is 1. The minimum Gasteiger partial charge on any atom is -0.480 e. The van der Waals surface area contributed by atoms with E-state index in [2.05, 4.69) is 4.98 Å². The number of hydrogen-bond acceptors (Lipinski definition) is 3. The maximum atomic E-state index is 11.0. The molecule has 1 N–H and O–H groups in total. The summed E-state index contributed by atoms with van der Waals surface area (Å²) in [7, 11) is 0. The molecule has 1 atom stereocenters. The highest BCUT2D eigenvalue weighted by Gasteiger charge is 2.18. The molecular formula is C13H13NO2S. The highest BCUT2D eigenvalue weighted by atomic mass is 32.2. The minimum absolute atomic E-state index is 0.437.